The molecule has 0 bridgehead atoms. The van der Waals surface area contributed by atoms with E-state index in [1.165, 1.54) is 6.42 Å². The Morgan fingerprint density at radius 2 is 2.43 bits per heavy atom. The highest BCUT2D eigenvalue weighted by Crippen LogP contribution is 1.79. The molecule has 1 aliphatic heterocycles. The summed E-state index contributed by atoms with van der Waals surface area (Å²) < 4.78 is 0. The van der Waals surface area contributed by atoms with Gasteiger partial charge in [-0.25, -0.2) is 0 Å². The summed E-state index contributed by atoms with van der Waals surface area (Å²) in [4.78, 5) is 3.94. The summed E-state index contributed by atoms with van der Waals surface area (Å²) in [5.41, 5.74) is 0. The third-order valence-corrected chi connectivity index (χ3v) is 0.791. The molecular formula is C4H9ClN2. The fourth-order valence-corrected chi connectivity index (χ4v) is 0.466. The van der Waals surface area contributed by atoms with E-state index in [1.54, 1.807) is 6.34 Å². The quantitative estimate of drug-likeness (QED) is 0.493. The third kappa shape index (κ3) is 2.45. The Labute approximate surface area is 49.4 Å². The third-order valence-electron chi connectivity index (χ3n) is 0.791. The minimum absolute atomic E-state index is 0. The molecule has 0 unspecified atom stereocenters. The largest absolute Gasteiger partial charge is 0.376 e. The molecule has 0 fully saturated rings. The van der Waals surface area contributed by atoms with Gasteiger partial charge in [0, 0.05) is 13.1 Å². The van der Waals surface area contributed by atoms with E-state index in [-0.39, 0.29) is 12.4 Å². The van der Waals surface area contributed by atoms with Crippen molar-refractivity contribution >= 4 is 18.7 Å². The zero-order chi connectivity index (χ0) is 4.24. The summed E-state index contributed by atoms with van der Waals surface area (Å²) in [5.74, 6) is 0. The summed E-state index contributed by atoms with van der Waals surface area (Å²) in [6, 6.07) is 0. The smallest absolute Gasteiger partial charge is 0.0823 e. The normalized spacial score (nSPS) is 17.1. The van der Waals surface area contributed by atoms with Crippen molar-refractivity contribution in [3.63, 3.8) is 0 Å². The number of nitrogens with one attached hydrogen (secondary N) is 1. The van der Waals surface area contributed by atoms with Crippen LogP contribution >= 0.6 is 12.4 Å². The van der Waals surface area contributed by atoms with E-state index in [1.807, 2.05) is 0 Å². The zero-order valence-corrected chi connectivity index (χ0v) is 4.87. The lowest BCUT2D eigenvalue weighted by atomic mass is 10.4. The van der Waals surface area contributed by atoms with Gasteiger partial charge < -0.3 is 5.32 Å². The molecule has 0 aromatic heterocycles. The van der Waals surface area contributed by atoms with Crippen LogP contribution in [0.2, 0.25) is 0 Å². The lowest BCUT2D eigenvalue weighted by molar-refractivity contribution is 0.755. The van der Waals surface area contributed by atoms with Crippen LogP contribution in [0.25, 0.3) is 0 Å². The number of halogens is 1. The first-order valence-corrected chi connectivity index (χ1v) is 2.22. The van der Waals surface area contributed by atoms with Crippen LogP contribution in [0.4, 0.5) is 0 Å². The van der Waals surface area contributed by atoms with Gasteiger partial charge in [-0.3, -0.25) is 4.99 Å². The maximum atomic E-state index is 3.94. The molecule has 2 nitrogen and oxygen atoms in total. The molecule has 0 radical (unpaired) electrons. The van der Waals surface area contributed by atoms with E-state index < -0.39 is 0 Å². The second-order valence-electron chi connectivity index (χ2n) is 1.34. The Balaban J connectivity index is 0.000000360. The van der Waals surface area contributed by atoms with E-state index in [4.69, 9.17) is 0 Å². The Morgan fingerprint density at radius 1 is 1.57 bits per heavy atom. The van der Waals surface area contributed by atoms with Crippen LogP contribution in [0.15, 0.2) is 4.99 Å². The molecule has 0 atom stereocenters. The molecular weight excluding hydrogens is 112 g/mol. The minimum atomic E-state index is 0. The van der Waals surface area contributed by atoms with Gasteiger partial charge in [-0.2, -0.15) is 0 Å². The van der Waals surface area contributed by atoms with Crippen molar-refractivity contribution in [1.29, 1.82) is 0 Å². The van der Waals surface area contributed by atoms with Gasteiger partial charge in [-0.05, 0) is 6.42 Å². The first-order valence-electron chi connectivity index (χ1n) is 2.22. The second kappa shape index (κ2) is 3.93. The van der Waals surface area contributed by atoms with Gasteiger partial charge in [0.1, 0.15) is 0 Å². The predicted octanol–water partition coefficient (Wildman–Crippen LogP) is 0.430. The van der Waals surface area contributed by atoms with E-state index in [9.17, 15) is 0 Å². The highest BCUT2D eigenvalue weighted by atomic mass is 35.5. The van der Waals surface area contributed by atoms with Gasteiger partial charge >= 0.3 is 0 Å². The van der Waals surface area contributed by atoms with Gasteiger partial charge in [0.2, 0.25) is 0 Å². The molecule has 0 amide bonds. The molecule has 42 valence electrons. The Hall–Kier alpha value is -0.240. The molecule has 0 spiro atoms. The molecule has 1 aliphatic rings. The number of hydrogen-bond acceptors (Lipinski definition) is 2. The van der Waals surface area contributed by atoms with Crippen molar-refractivity contribution < 1.29 is 0 Å². The Bertz CT molecular complexity index is 54.7. The highest BCUT2D eigenvalue weighted by Gasteiger charge is 1.85. The summed E-state index contributed by atoms with van der Waals surface area (Å²) in [6.45, 7) is 2.11. The molecule has 0 aromatic rings. The monoisotopic (exact) mass is 120 g/mol. The summed E-state index contributed by atoms with van der Waals surface area (Å²) in [7, 11) is 0. The average molecular weight is 121 g/mol. The molecule has 0 saturated heterocycles. The molecule has 0 aliphatic carbocycles. The Morgan fingerprint density at radius 3 is 2.57 bits per heavy atom. The van der Waals surface area contributed by atoms with Crippen molar-refractivity contribution in [1.82, 2.24) is 5.32 Å². The molecule has 3 heteroatoms. The summed E-state index contributed by atoms with van der Waals surface area (Å²) >= 11 is 0. The van der Waals surface area contributed by atoms with Crippen LogP contribution in [0.3, 0.4) is 0 Å². The van der Waals surface area contributed by atoms with Crippen molar-refractivity contribution in [2.24, 2.45) is 4.99 Å². The molecule has 1 heterocycles. The van der Waals surface area contributed by atoms with Crippen LogP contribution in [0, 0.1) is 0 Å². The van der Waals surface area contributed by atoms with Gasteiger partial charge in [0.05, 0.1) is 6.34 Å². The van der Waals surface area contributed by atoms with Crippen LogP contribution in [0.1, 0.15) is 6.42 Å². The second-order valence-corrected chi connectivity index (χ2v) is 1.34. The number of rotatable bonds is 0. The van der Waals surface area contributed by atoms with Crippen LogP contribution in [0.5, 0.6) is 0 Å². The first-order chi connectivity index (χ1) is 3.00. The maximum absolute atomic E-state index is 3.94. The van der Waals surface area contributed by atoms with Crippen LogP contribution < -0.4 is 5.32 Å². The molecule has 0 saturated carbocycles. The lowest BCUT2D eigenvalue weighted by Gasteiger charge is -2.01. The van der Waals surface area contributed by atoms with Gasteiger partial charge in [0.25, 0.3) is 0 Å². The van der Waals surface area contributed by atoms with Crippen molar-refractivity contribution in [3.8, 4) is 0 Å². The topological polar surface area (TPSA) is 24.4 Å². The van der Waals surface area contributed by atoms with E-state index >= 15 is 0 Å². The predicted molar refractivity (Wildman–Crippen MR) is 33.2 cm³/mol. The standard InChI is InChI=1S/C4H8N2.ClH/c1-2-5-4-6-3-1;/h4H,1-3H2,(H,5,6);1H. The van der Waals surface area contributed by atoms with Crippen LogP contribution in [-0.4, -0.2) is 19.4 Å². The van der Waals surface area contributed by atoms with Crippen molar-refractivity contribution in [2.75, 3.05) is 13.1 Å². The van der Waals surface area contributed by atoms with E-state index in [2.05, 4.69) is 10.3 Å². The van der Waals surface area contributed by atoms with Crippen LogP contribution in [-0.2, 0) is 0 Å². The van der Waals surface area contributed by atoms with Gasteiger partial charge in [-0.15, -0.1) is 12.4 Å². The maximum Gasteiger partial charge on any atom is 0.0823 e. The summed E-state index contributed by atoms with van der Waals surface area (Å²) in [5, 5.41) is 2.99. The summed E-state index contributed by atoms with van der Waals surface area (Å²) in [6.07, 6.45) is 2.96. The van der Waals surface area contributed by atoms with Crippen molar-refractivity contribution in [2.45, 2.75) is 6.42 Å². The number of hydrogen-bond donors (Lipinski definition) is 1. The van der Waals surface area contributed by atoms with E-state index in [0.717, 1.165) is 13.1 Å². The van der Waals surface area contributed by atoms with Gasteiger partial charge in [-0.1, -0.05) is 0 Å². The van der Waals surface area contributed by atoms with Crippen molar-refractivity contribution in [3.05, 3.63) is 0 Å². The SMILES string of the molecule is C1=NCCCN1.Cl. The number of nitrogens with zero attached hydrogens (tertiary/aromatic N) is 1. The lowest BCUT2D eigenvalue weighted by Crippen LogP contribution is -2.17. The van der Waals surface area contributed by atoms with Gasteiger partial charge in [0.15, 0.2) is 0 Å². The zero-order valence-electron chi connectivity index (χ0n) is 4.05. The number of aliphatic imine (C=N–C) groups is 1. The minimum Gasteiger partial charge on any atom is -0.376 e. The Kier molecular flexibility index (Phi) is 3.80. The highest BCUT2D eigenvalue weighted by molar-refractivity contribution is 5.85. The van der Waals surface area contributed by atoms with E-state index in [0.29, 0.717) is 0 Å². The fraction of sp³-hybridized carbons (Fsp3) is 0.750. The molecule has 7 heavy (non-hydrogen) atoms. The fourth-order valence-electron chi connectivity index (χ4n) is 0.466. The molecule has 0 aromatic carbocycles. The first kappa shape index (κ1) is 6.76. The molecule has 1 rings (SSSR count). The average Bonchev–Trinajstić information content (AvgIpc) is 1.72. The molecule has 1 N–H and O–H groups in total.